The van der Waals surface area contributed by atoms with Gasteiger partial charge < -0.3 is 20.1 Å². The van der Waals surface area contributed by atoms with E-state index in [1.165, 1.54) is 0 Å². The Kier molecular flexibility index (Phi) is 7.25. The first-order valence-corrected chi connectivity index (χ1v) is 6.81. The summed E-state index contributed by atoms with van der Waals surface area (Å²) in [6.45, 7) is 0.858. The number of nitrogens with one attached hydrogen (secondary N) is 1. The Hall–Kier alpha value is -2.08. The number of hydrogen-bond acceptors (Lipinski definition) is 4. The lowest BCUT2D eigenvalue weighted by atomic mass is 10.1. The van der Waals surface area contributed by atoms with E-state index >= 15 is 0 Å². The predicted octanol–water partition coefficient (Wildman–Crippen LogP) is 1.71. The molecule has 0 radical (unpaired) electrons. The van der Waals surface area contributed by atoms with Crippen molar-refractivity contribution in [2.45, 2.75) is 25.5 Å². The molecule has 0 aliphatic rings. The largest absolute Gasteiger partial charge is 0.481 e. The van der Waals surface area contributed by atoms with Crippen molar-refractivity contribution >= 4 is 12.1 Å². The van der Waals surface area contributed by atoms with E-state index in [-0.39, 0.29) is 13.0 Å². The fraction of sp³-hybridized carbons (Fsp3) is 0.467. The van der Waals surface area contributed by atoms with Gasteiger partial charge >= 0.3 is 12.1 Å². The highest BCUT2D eigenvalue weighted by atomic mass is 16.5. The quantitative estimate of drug-likeness (QED) is 0.763. The second-order valence-corrected chi connectivity index (χ2v) is 5.09. The van der Waals surface area contributed by atoms with Crippen LogP contribution in [0.2, 0.25) is 0 Å². The molecule has 1 aromatic carbocycles. The second kappa shape index (κ2) is 8.97. The van der Waals surface area contributed by atoms with Crippen LogP contribution in [0.5, 0.6) is 0 Å². The van der Waals surface area contributed by atoms with Gasteiger partial charge in [0, 0.05) is 6.04 Å². The van der Waals surface area contributed by atoms with Crippen LogP contribution in [0.4, 0.5) is 4.79 Å². The maximum absolute atomic E-state index is 11.7. The summed E-state index contributed by atoms with van der Waals surface area (Å²) >= 11 is 0. The van der Waals surface area contributed by atoms with Gasteiger partial charge in [-0.25, -0.2) is 4.79 Å². The molecule has 0 aliphatic heterocycles. The van der Waals surface area contributed by atoms with Gasteiger partial charge in [-0.1, -0.05) is 30.3 Å². The maximum Gasteiger partial charge on any atom is 0.407 e. The van der Waals surface area contributed by atoms with E-state index < -0.39 is 18.1 Å². The van der Waals surface area contributed by atoms with Crippen molar-refractivity contribution in [1.82, 2.24) is 10.2 Å². The standard InChI is InChI=1S/C15H22N2O4/c1-17(2)9-8-13(10-14(18)19)16-15(20)21-11-12-6-4-3-5-7-12/h3-7,13H,8-11H2,1-2H3,(H,16,20)(H,18,19). The van der Waals surface area contributed by atoms with Crippen molar-refractivity contribution in [3.63, 3.8) is 0 Å². The first-order valence-electron chi connectivity index (χ1n) is 6.81. The minimum Gasteiger partial charge on any atom is -0.481 e. The molecule has 0 aliphatic carbocycles. The molecule has 116 valence electrons. The Balaban J connectivity index is 2.41. The number of carboxylic acid groups (broad SMARTS) is 1. The first-order chi connectivity index (χ1) is 9.97. The van der Waals surface area contributed by atoms with Crippen molar-refractivity contribution in [3.8, 4) is 0 Å². The number of ether oxygens (including phenoxy) is 1. The number of rotatable bonds is 8. The van der Waals surface area contributed by atoms with Gasteiger partial charge in [-0.05, 0) is 32.6 Å². The highest BCUT2D eigenvalue weighted by molar-refractivity contribution is 5.71. The average Bonchev–Trinajstić information content (AvgIpc) is 2.43. The molecular weight excluding hydrogens is 272 g/mol. The molecule has 0 heterocycles. The number of nitrogens with zero attached hydrogens (tertiary/aromatic N) is 1. The summed E-state index contributed by atoms with van der Waals surface area (Å²) in [5.74, 6) is -0.942. The van der Waals surface area contributed by atoms with Crippen LogP contribution in [0, 0.1) is 0 Å². The highest BCUT2D eigenvalue weighted by Gasteiger charge is 2.17. The molecule has 0 saturated carbocycles. The molecule has 0 aromatic heterocycles. The van der Waals surface area contributed by atoms with Crippen LogP contribution in [0.1, 0.15) is 18.4 Å². The minimum atomic E-state index is -0.942. The number of amides is 1. The van der Waals surface area contributed by atoms with E-state index in [4.69, 9.17) is 9.84 Å². The SMILES string of the molecule is CN(C)CCC(CC(=O)O)NC(=O)OCc1ccccc1. The molecule has 0 spiro atoms. The molecule has 2 N–H and O–H groups in total. The number of carboxylic acids is 1. The van der Waals surface area contributed by atoms with Crippen molar-refractivity contribution in [2.24, 2.45) is 0 Å². The van der Waals surface area contributed by atoms with E-state index in [9.17, 15) is 9.59 Å². The summed E-state index contributed by atoms with van der Waals surface area (Å²) in [4.78, 5) is 24.5. The van der Waals surface area contributed by atoms with Gasteiger partial charge in [0.2, 0.25) is 0 Å². The average molecular weight is 294 g/mol. The molecule has 6 heteroatoms. The maximum atomic E-state index is 11.7. The van der Waals surface area contributed by atoms with E-state index in [2.05, 4.69) is 5.32 Å². The van der Waals surface area contributed by atoms with Gasteiger partial charge in [0.25, 0.3) is 0 Å². The summed E-state index contributed by atoms with van der Waals surface area (Å²) < 4.78 is 5.09. The summed E-state index contributed by atoms with van der Waals surface area (Å²) in [5.41, 5.74) is 0.885. The zero-order valence-electron chi connectivity index (χ0n) is 12.4. The molecule has 0 bridgehead atoms. The van der Waals surface area contributed by atoms with Gasteiger partial charge in [-0.15, -0.1) is 0 Å². The molecule has 0 saturated heterocycles. The lowest BCUT2D eigenvalue weighted by molar-refractivity contribution is -0.137. The second-order valence-electron chi connectivity index (χ2n) is 5.09. The Morgan fingerprint density at radius 1 is 1.29 bits per heavy atom. The number of benzene rings is 1. The molecule has 21 heavy (non-hydrogen) atoms. The third-order valence-corrected chi connectivity index (χ3v) is 2.88. The molecule has 1 aromatic rings. The topological polar surface area (TPSA) is 78.9 Å². The number of aliphatic carboxylic acids is 1. The van der Waals surface area contributed by atoms with Crippen LogP contribution < -0.4 is 5.32 Å². The molecule has 1 atom stereocenters. The molecule has 6 nitrogen and oxygen atoms in total. The van der Waals surface area contributed by atoms with Crippen molar-refractivity contribution < 1.29 is 19.4 Å². The predicted molar refractivity (Wildman–Crippen MR) is 79.0 cm³/mol. The normalized spacial score (nSPS) is 12.0. The number of alkyl carbamates (subject to hydrolysis) is 1. The number of carbonyl (C=O) groups is 2. The van der Waals surface area contributed by atoms with Crippen molar-refractivity contribution in [1.29, 1.82) is 0 Å². The van der Waals surface area contributed by atoms with E-state index in [0.29, 0.717) is 13.0 Å². The van der Waals surface area contributed by atoms with E-state index in [0.717, 1.165) is 5.56 Å². The van der Waals surface area contributed by atoms with Gasteiger partial charge in [-0.2, -0.15) is 0 Å². The summed E-state index contributed by atoms with van der Waals surface area (Å²) in [7, 11) is 3.79. The van der Waals surface area contributed by atoms with Gasteiger partial charge in [0.1, 0.15) is 6.61 Å². The summed E-state index contributed by atoms with van der Waals surface area (Å²) in [6, 6.07) is 8.88. The monoisotopic (exact) mass is 294 g/mol. The molecular formula is C15H22N2O4. The molecule has 1 rings (SSSR count). The van der Waals surface area contributed by atoms with Crippen LogP contribution in [0.3, 0.4) is 0 Å². The van der Waals surface area contributed by atoms with Gasteiger partial charge in [0.15, 0.2) is 0 Å². The van der Waals surface area contributed by atoms with Crippen LogP contribution in [0.15, 0.2) is 30.3 Å². The smallest absolute Gasteiger partial charge is 0.407 e. The van der Waals surface area contributed by atoms with Crippen LogP contribution in [-0.2, 0) is 16.1 Å². The number of carbonyl (C=O) groups excluding carboxylic acids is 1. The minimum absolute atomic E-state index is 0.117. The van der Waals surface area contributed by atoms with E-state index in [1.807, 2.05) is 49.3 Å². The molecule has 0 fully saturated rings. The fourth-order valence-electron chi connectivity index (χ4n) is 1.78. The Bertz CT molecular complexity index is 448. The first kappa shape index (κ1) is 17.0. The van der Waals surface area contributed by atoms with Crippen LogP contribution in [0.25, 0.3) is 0 Å². The van der Waals surface area contributed by atoms with E-state index in [1.54, 1.807) is 0 Å². The summed E-state index contributed by atoms with van der Waals surface area (Å²) in [5, 5.41) is 11.5. The van der Waals surface area contributed by atoms with Crippen molar-refractivity contribution in [3.05, 3.63) is 35.9 Å². The lowest BCUT2D eigenvalue weighted by Crippen LogP contribution is -2.38. The van der Waals surface area contributed by atoms with Crippen molar-refractivity contribution in [2.75, 3.05) is 20.6 Å². The Morgan fingerprint density at radius 3 is 2.52 bits per heavy atom. The summed E-state index contributed by atoms with van der Waals surface area (Å²) in [6.07, 6.45) is -0.155. The van der Waals surface area contributed by atoms with Crippen LogP contribution >= 0.6 is 0 Å². The Labute approximate surface area is 124 Å². The molecule has 1 unspecified atom stereocenters. The zero-order chi connectivity index (χ0) is 15.7. The van der Waals surface area contributed by atoms with Gasteiger partial charge in [-0.3, -0.25) is 4.79 Å². The molecule has 1 amide bonds. The third kappa shape index (κ3) is 7.94. The number of hydrogen-bond donors (Lipinski definition) is 2. The third-order valence-electron chi connectivity index (χ3n) is 2.88. The van der Waals surface area contributed by atoms with Crippen LogP contribution in [-0.4, -0.2) is 48.8 Å². The Morgan fingerprint density at radius 2 is 1.95 bits per heavy atom. The van der Waals surface area contributed by atoms with Gasteiger partial charge in [0.05, 0.1) is 6.42 Å². The lowest BCUT2D eigenvalue weighted by Gasteiger charge is -2.19. The highest BCUT2D eigenvalue weighted by Crippen LogP contribution is 2.03. The zero-order valence-corrected chi connectivity index (χ0v) is 12.4. The fourth-order valence-corrected chi connectivity index (χ4v) is 1.78.